The highest BCUT2D eigenvalue weighted by atomic mass is 16.6. The molecule has 5 nitrogen and oxygen atoms in total. The van der Waals surface area contributed by atoms with Crippen molar-refractivity contribution in [3.63, 3.8) is 0 Å². The summed E-state index contributed by atoms with van der Waals surface area (Å²) < 4.78 is 5.27. The van der Waals surface area contributed by atoms with Gasteiger partial charge in [-0.15, -0.1) is 0 Å². The van der Waals surface area contributed by atoms with Gasteiger partial charge in [-0.25, -0.2) is 9.59 Å². The lowest BCUT2D eigenvalue weighted by molar-refractivity contribution is -0.140. The van der Waals surface area contributed by atoms with E-state index in [9.17, 15) is 14.7 Å². The fraction of sp³-hybridized carbons (Fsp3) is 0.360. The molecule has 0 aromatic heterocycles. The van der Waals surface area contributed by atoms with E-state index < -0.39 is 29.1 Å². The molecule has 1 aliphatic rings. The Morgan fingerprint density at radius 2 is 1.87 bits per heavy atom. The molecule has 0 spiro atoms. The van der Waals surface area contributed by atoms with Crippen LogP contribution in [0.15, 0.2) is 66.8 Å². The molecule has 0 bridgehead atoms. The first-order valence-electron chi connectivity index (χ1n) is 10.2. The number of rotatable bonds is 6. The molecule has 0 heterocycles. The summed E-state index contributed by atoms with van der Waals surface area (Å²) in [6, 6.07) is 13.3. The number of fused-ring (bicyclic) bond motifs is 1. The maximum absolute atomic E-state index is 12.2. The van der Waals surface area contributed by atoms with E-state index >= 15 is 0 Å². The Labute approximate surface area is 177 Å². The number of carboxylic acid groups (broad SMARTS) is 1. The Morgan fingerprint density at radius 3 is 2.53 bits per heavy atom. The quantitative estimate of drug-likeness (QED) is 0.685. The van der Waals surface area contributed by atoms with Gasteiger partial charge in [-0.3, -0.25) is 0 Å². The molecule has 2 aromatic carbocycles. The van der Waals surface area contributed by atoms with Crippen LogP contribution in [0.4, 0.5) is 4.79 Å². The Hall–Kier alpha value is -3.08. The first-order valence-corrected chi connectivity index (χ1v) is 10.2. The zero-order valence-electron chi connectivity index (χ0n) is 17.7. The Kier molecular flexibility index (Phi) is 6.30. The normalized spacial score (nSPS) is 19.4. The third-order valence-electron chi connectivity index (χ3n) is 5.24. The number of carboxylic acids is 1. The van der Waals surface area contributed by atoms with Crippen LogP contribution in [0.2, 0.25) is 0 Å². The number of hydrogen-bond donors (Lipinski definition) is 2. The number of carbonyl (C=O) groups excluding carboxylic acids is 1. The fourth-order valence-corrected chi connectivity index (χ4v) is 3.95. The molecule has 0 fully saturated rings. The molecule has 30 heavy (non-hydrogen) atoms. The van der Waals surface area contributed by atoms with E-state index in [1.165, 1.54) is 0 Å². The number of allylic oxidation sites excluding steroid dienone is 4. The predicted molar refractivity (Wildman–Crippen MR) is 118 cm³/mol. The highest BCUT2D eigenvalue weighted by molar-refractivity contribution is 5.86. The molecule has 158 valence electrons. The molecule has 0 saturated heterocycles. The number of ether oxygens (including phenoxy) is 1. The van der Waals surface area contributed by atoms with Crippen molar-refractivity contribution in [2.45, 2.75) is 51.7 Å². The van der Waals surface area contributed by atoms with Crippen molar-refractivity contribution < 1.29 is 19.4 Å². The van der Waals surface area contributed by atoms with Crippen molar-refractivity contribution in [3.8, 4) is 0 Å². The van der Waals surface area contributed by atoms with E-state index in [4.69, 9.17) is 4.74 Å². The summed E-state index contributed by atoms with van der Waals surface area (Å²) in [6.45, 7) is 5.25. The maximum Gasteiger partial charge on any atom is 0.408 e. The largest absolute Gasteiger partial charge is 0.480 e. The summed E-state index contributed by atoms with van der Waals surface area (Å²) in [5.41, 5.74) is 0.0486. The SMILES string of the molecule is CC(C)(C)OC(=O)N[C@@H](CC1(Cc2cccc3ccccc23)C=CC=CC1)C(=O)O. The topological polar surface area (TPSA) is 75.6 Å². The summed E-state index contributed by atoms with van der Waals surface area (Å²) in [7, 11) is 0. The average molecular weight is 408 g/mol. The van der Waals surface area contributed by atoms with E-state index in [-0.39, 0.29) is 6.42 Å². The van der Waals surface area contributed by atoms with Crippen molar-refractivity contribution in [2.24, 2.45) is 5.41 Å². The Balaban J connectivity index is 1.87. The molecular weight excluding hydrogens is 378 g/mol. The van der Waals surface area contributed by atoms with Gasteiger partial charge in [-0.05, 0) is 61.8 Å². The first-order chi connectivity index (χ1) is 14.2. The summed E-state index contributed by atoms with van der Waals surface area (Å²) in [6.07, 6.45) is 8.98. The zero-order valence-corrected chi connectivity index (χ0v) is 17.7. The third-order valence-corrected chi connectivity index (χ3v) is 5.24. The van der Waals surface area contributed by atoms with Crippen LogP contribution in [0.5, 0.6) is 0 Å². The molecule has 5 heteroatoms. The number of alkyl carbamates (subject to hydrolysis) is 1. The van der Waals surface area contributed by atoms with E-state index in [2.05, 4.69) is 41.7 Å². The van der Waals surface area contributed by atoms with Gasteiger partial charge in [0.1, 0.15) is 11.6 Å². The number of carbonyl (C=O) groups is 2. The van der Waals surface area contributed by atoms with Gasteiger partial charge in [0.15, 0.2) is 0 Å². The van der Waals surface area contributed by atoms with E-state index in [1.807, 2.05) is 30.4 Å². The summed E-state index contributed by atoms with van der Waals surface area (Å²) in [4.78, 5) is 24.2. The van der Waals surface area contributed by atoms with E-state index in [0.717, 1.165) is 16.3 Å². The average Bonchev–Trinajstić information content (AvgIpc) is 2.67. The summed E-state index contributed by atoms with van der Waals surface area (Å²) in [5, 5.41) is 14.7. The minimum absolute atomic E-state index is 0.269. The van der Waals surface area contributed by atoms with E-state index in [1.54, 1.807) is 20.8 Å². The predicted octanol–water partition coefficient (Wildman–Crippen LogP) is 5.25. The van der Waals surface area contributed by atoms with Gasteiger partial charge >= 0.3 is 12.1 Å². The van der Waals surface area contributed by atoms with Crippen LogP contribution >= 0.6 is 0 Å². The van der Waals surface area contributed by atoms with E-state index in [0.29, 0.717) is 12.8 Å². The van der Waals surface area contributed by atoms with Gasteiger partial charge in [-0.1, -0.05) is 66.8 Å². The molecule has 0 radical (unpaired) electrons. The minimum Gasteiger partial charge on any atom is -0.480 e. The molecule has 2 aromatic rings. The van der Waals surface area contributed by atoms with Crippen LogP contribution in [0.3, 0.4) is 0 Å². The first kappa shape index (κ1) is 21.6. The second-order valence-corrected chi connectivity index (χ2v) is 8.91. The molecule has 2 atom stereocenters. The molecule has 1 aliphatic carbocycles. The van der Waals surface area contributed by atoms with Crippen molar-refractivity contribution in [1.29, 1.82) is 0 Å². The number of nitrogens with one attached hydrogen (secondary N) is 1. The standard InChI is InChI=1S/C25H29NO4/c1-24(2,3)30-23(29)26-21(22(27)28)17-25(14-7-4-8-15-25)16-19-12-9-11-18-10-5-6-13-20(18)19/h4-14,21H,15-17H2,1-3H3,(H,26,29)(H,27,28)/t21-,25?/m0/s1. The van der Waals surface area contributed by atoms with Gasteiger partial charge < -0.3 is 15.2 Å². The molecule has 2 N–H and O–H groups in total. The zero-order chi connectivity index (χ0) is 21.8. The second-order valence-electron chi connectivity index (χ2n) is 8.91. The smallest absolute Gasteiger partial charge is 0.408 e. The molecule has 1 amide bonds. The van der Waals surface area contributed by atoms with Crippen LogP contribution in [0.1, 0.15) is 39.2 Å². The van der Waals surface area contributed by atoms with Gasteiger partial charge in [0, 0.05) is 0 Å². The number of amides is 1. The van der Waals surface area contributed by atoms with Crippen LogP contribution in [0.25, 0.3) is 10.8 Å². The van der Waals surface area contributed by atoms with Crippen molar-refractivity contribution >= 4 is 22.8 Å². The molecule has 1 unspecified atom stereocenters. The monoisotopic (exact) mass is 407 g/mol. The highest BCUT2D eigenvalue weighted by Crippen LogP contribution is 2.38. The van der Waals surface area contributed by atoms with Crippen LogP contribution in [0, 0.1) is 5.41 Å². The van der Waals surface area contributed by atoms with Crippen LogP contribution in [-0.4, -0.2) is 28.8 Å². The Bertz CT molecular complexity index is 981. The number of benzene rings is 2. The molecule has 0 saturated carbocycles. The third kappa shape index (κ3) is 5.50. The van der Waals surface area contributed by atoms with Crippen LogP contribution in [-0.2, 0) is 16.0 Å². The molecule has 3 rings (SSSR count). The lowest BCUT2D eigenvalue weighted by atomic mass is 9.71. The minimum atomic E-state index is -1.07. The van der Waals surface area contributed by atoms with Crippen LogP contribution < -0.4 is 5.32 Å². The number of aliphatic carboxylic acids is 1. The summed E-state index contributed by atoms with van der Waals surface area (Å²) in [5.74, 6) is -1.07. The van der Waals surface area contributed by atoms with Crippen molar-refractivity contribution in [3.05, 3.63) is 72.3 Å². The van der Waals surface area contributed by atoms with Gasteiger partial charge in [0.25, 0.3) is 0 Å². The Morgan fingerprint density at radius 1 is 1.13 bits per heavy atom. The van der Waals surface area contributed by atoms with Gasteiger partial charge in [0.2, 0.25) is 0 Å². The maximum atomic E-state index is 12.2. The lowest BCUT2D eigenvalue weighted by Crippen LogP contribution is -2.46. The second kappa shape index (κ2) is 8.74. The summed E-state index contributed by atoms with van der Waals surface area (Å²) >= 11 is 0. The lowest BCUT2D eigenvalue weighted by Gasteiger charge is -2.34. The fourth-order valence-electron chi connectivity index (χ4n) is 3.95. The molecular formula is C25H29NO4. The van der Waals surface area contributed by atoms with Crippen molar-refractivity contribution in [2.75, 3.05) is 0 Å². The number of hydrogen-bond acceptors (Lipinski definition) is 3. The van der Waals surface area contributed by atoms with Gasteiger partial charge in [-0.2, -0.15) is 0 Å². The van der Waals surface area contributed by atoms with Gasteiger partial charge in [0.05, 0.1) is 0 Å². The molecule has 0 aliphatic heterocycles. The van der Waals surface area contributed by atoms with Crippen molar-refractivity contribution in [1.82, 2.24) is 5.32 Å². The highest BCUT2D eigenvalue weighted by Gasteiger charge is 2.35.